The highest BCUT2D eigenvalue weighted by atomic mass is 16.5. The van der Waals surface area contributed by atoms with Gasteiger partial charge >= 0.3 is 5.63 Å². The fraction of sp³-hybridized carbons (Fsp3) is 0.190. The second-order valence-electron chi connectivity index (χ2n) is 6.48. The molecule has 7 nitrogen and oxygen atoms in total. The molecule has 2 aromatic carbocycles. The fourth-order valence-corrected chi connectivity index (χ4v) is 3.28. The van der Waals surface area contributed by atoms with Crippen LogP contribution in [0.2, 0.25) is 0 Å². The quantitative estimate of drug-likeness (QED) is 0.705. The Morgan fingerprint density at radius 1 is 1.14 bits per heavy atom. The lowest BCUT2D eigenvalue weighted by Crippen LogP contribution is -2.23. The van der Waals surface area contributed by atoms with Crippen LogP contribution in [0, 0.1) is 0 Å². The topological polar surface area (TPSA) is 88.9 Å². The van der Waals surface area contributed by atoms with Gasteiger partial charge in [-0.25, -0.2) is 4.79 Å². The third-order valence-electron chi connectivity index (χ3n) is 4.70. The molecule has 142 valence electrons. The van der Waals surface area contributed by atoms with Crippen molar-refractivity contribution in [1.82, 2.24) is 0 Å². The van der Waals surface area contributed by atoms with E-state index in [2.05, 4.69) is 5.32 Å². The summed E-state index contributed by atoms with van der Waals surface area (Å²) in [6.07, 6.45) is 1.40. The summed E-state index contributed by atoms with van der Waals surface area (Å²) in [6, 6.07) is 13.6. The first-order valence-electron chi connectivity index (χ1n) is 8.89. The Morgan fingerprint density at radius 2 is 1.93 bits per heavy atom. The molecule has 4 rings (SSSR count). The summed E-state index contributed by atoms with van der Waals surface area (Å²) in [5, 5.41) is 3.28. The van der Waals surface area contributed by atoms with Gasteiger partial charge in [0.2, 0.25) is 5.91 Å². The summed E-state index contributed by atoms with van der Waals surface area (Å²) in [7, 11) is 1.48. The lowest BCUT2D eigenvalue weighted by molar-refractivity contribution is -0.117. The van der Waals surface area contributed by atoms with Crippen LogP contribution in [0.1, 0.15) is 23.2 Å². The minimum absolute atomic E-state index is 0.0976. The Labute approximate surface area is 160 Å². The molecule has 1 aromatic heterocycles. The summed E-state index contributed by atoms with van der Waals surface area (Å²) in [6.45, 7) is 0.701. The van der Waals surface area contributed by atoms with Gasteiger partial charge in [-0.05, 0) is 42.8 Å². The predicted molar refractivity (Wildman–Crippen MR) is 105 cm³/mol. The number of methoxy groups -OCH3 is 1. The number of carbonyl (C=O) groups is 2. The van der Waals surface area contributed by atoms with E-state index < -0.39 is 11.5 Å². The van der Waals surface area contributed by atoms with Crippen LogP contribution in [-0.4, -0.2) is 25.5 Å². The summed E-state index contributed by atoms with van der Waals surface area (Å²) in [4.78, 5) is 38.4. The minimum Gasteiger partial charge on any atom is -0.493 e. The molecule has 2 heterocycles. The van der Waals surface area contributed by atoms with Crippen LogP contribution in [0.15, 0.2) is 57.7 Å². The molecule has 0 atom stereocenters. The van der Waals surface area contributed by atoms with Crippen LogP contribution >= 0.6 is 0 Å². The van der Waals surface area contributed by atoms with Gasteiger partial charge in [-0.1, -0.05) is 12.1 Å². The van der Waals surface area contributed by atoms with Crippen molar-refractivity contribution in [2.45, 2.75) is 12.8 Å². The number of fused-ring (bicyclic) bond motifs is 1. The number of nitrogens with one attached hydrogen (secondary N) is 1. The molecule has 0 bridgehead atoms. The molecule has 0 aliphatic carbocycles. The lowest BCUT2D eigenvalue weighted by atomic mass is 10.1. The molecule has 3 aromatic rings. The second-order valence-corrected chi connectivity index (χ2v) is 6.48. The van der Waals surface area contributed by atoms with Gasteiger partial charge in [0, 0.05) is 29.7 Å². The lowest BCUT2D eigenvalue weighted by Gasteiger charge is -2.16. The second kappa shape index (κ2) is 7.19. The van der Waals surface area contributed by atoms with E-state index in [9.17, 15) is 14.4 Å². The zero-order chi connectivity index (χ0) is 19.7. The van der Waals surface area contributed by atoms with Gasteiger partial charge in [0.25, 0.3) is 5.91 Å². The number of carbonyl (C=O) groups excluding carboxylic acids is 2. The van der Waals surface area contributed by atoms with E-state index in [1.807, 2.05) is 0 Å². The Bertz CT molecular complexity index is 1120. The molecule has 1 saturated heterocycles. The van der Waals surface area contributed by atoms with E-state index >= 15 is 0 Å². The van der Waals surface area contributed by atoms with Crippen molar-refractivity contribution in [2.24, 2.45) is 0 Å². The first-order valence-corrected chi connectivity index (χ1v) is 8.89. The van der Waals surface area contributed by atoms with Crippen molar-refractivity contribution in [3.05, 3.63) is 64.5 Å². The highest BCUT2D eigenvalue weighted by Crippen LogP contribution is 2.25. The third kappa shape index (κ3) is 3.22. The highest BCUT2D eigenvalue weighted by Gasteiger charge is 2.21. The van der Waals surface area contributed by atoms with Gasteiger partial charge in [0.15, 0.2) is 11.3 Å². The number of nitrogens with zero attached hydrogens (tertiary/aromatic N) is 1. The molecule has 0 saturated carbocycles. The van der Waals surface area contributed by atoms with Gasteiger partial charge < -0.3 is 19.4 Å². The van der Waals surface area contributed by atoms with Crippen molar-refractivity contribution >= 4 is 34.2 Å². The number of rotatable bonds is 4. The molecule has 0 unspecified atom stereocenters. The summed E-state index contributed by atoms with van der Waals surface area (Å²) >= 11 is 0. The van der Waals surface area contributed by atoms with Crippen LogP contribution in [0.25, 0.3) is 11.0 Å². The molecule has 1 aliphatic rings. The van der Waals surface area contributed by atoms with Gasteiger partial charge in [-0.15, -0.1) is 0 Å². The monoisotopic (exact) mass is 378 g/mol. The number of hydrogen-bond donors (Lipinski definition) is 1. The zero-order valence-corrected chi connectivity index (χ0v) is 15.2. The maximum Gasteiger partial charge on any atom is 0.349 e. The molecule has 1 aliphatic heterocycles. The Kier molecular flexibility index (Phi) is 4.57. The Hall–Kier alpha value is -3.61. The van der Waals surface area contributed by atoms with Crippen molar-refractivity contribution in [2.75, 3.05) is 23.9 Å². The Balaban J connectivity index is 1.57. The van der Waals surface area contributed by atoms with Crippen LogP contribution in [-0.2, 0) is 4.79 Å². The number of anilines is 2. The number of para-hydroxylation sites is 1. The van der Waals surface area contributed by atoms with Crippen LogP contribution in [0.5, 0.6) is 5.75 Å². The van der Waals surface area contributed by atoms with E-state index in [-0.39, 0.29) is 11.5 Å². The SMILES string of the molecule is COc1cccc2cc(C(=O)Nc3ccc(N4CCCC4=O)cc3)c(=O)oc12. The first-order chi connectivity index (χ1) is 13.6. The average Bonchev–Trinajstić information content (AvgIpc) is 3.13. The van der Waals surface area contributed by atoms with Gasteiger partial charge in [0.05, 0.1) is 7.11 Å². The van der Waals surface area contributed by atoms with Gasteiger partial charge in [-0.3, -0.25) is 9.59 Å². The molecule has 0 spiro atoms. The van der Waals surface area contributed by atoms with Crippen molar-refractivity contribution < 1.29 is 18.7 Å². The number of amides is 2. The van der Waals surface area contributed by atoms with Crippen molar-refractivity contribution in [3.8, 4) is 5.75 Å². The molecule has 0 radical (unpaired) electrons. The maximum absolute atomic E-state index is 12.6. The highest BCUT2D eigenvalue weighted by molar-refractivity contribution is 6.06. The molecular weight excluding hydrogens is 360 g/mol. The molecule has 28 heavy (non-hydrogen) atoms. The molecular formula is C21H18N2O5. The van der Waals surface area contributed by atoms with Crippen LogP contribution in [0.4, 0.5) is 11.4 Å². The molecule has 1 fully saturated rings. The molecule has 2 amide bonds. The summed E-state index contributed by atoms with van der Waals surface area (Å²) in [5.41, 5.74) is 0.767. The smallest absolute Gasteiger partial charge is 0.349 e. The number of hydrogen-bond acceptors (Lipinski definition) is 5. The van der Waals surface area contributed by atoms with Gasteiger partial charge in [-0.2, -0.15) is 0 Å². The molecule has 1 N–H and O–H groups in total. The third-order valence-corrected chi connectivity index (χ3v) is 4.70. The van der Waals surface area contributed by atoms with E-state index in [1.54, 1.807) is 47.4 Å². The molecule has 7 heteroatoms. The van der Waals surface area contributed by atoms with Crippen LogP contribution in [0.3, 0.4) is 0 Å². The summed E-state index contributed by atoms with van der Waals surface area (Å²) < 4.78 is 10.5. The van der Waals surface area contributed by atoms with Crippen molar-refractivity contribution in [1.29, 1.82) is 0 Å². The van der Waals surface area contributed by atoms with E-state index in [4.69, 9.17) is 9.15 Å². The largest absolute Gasteiger partial charge is 0.493 e. The van der Waals surface area contributed by atoms with Crippen LogP contribution < -0.4 is 20.6 Å². The minimum atomic E-state index is -0.742. The van der Waals surface area contributed by atoms with E-state index in [1.165, 1.54) is 13.2 Å². The van der Waals surface area contributed by atoms with E-state index in [0.717, 1.165) is 12.1 Å². The fourth-order valence-electron chi connectivity index (χ4n) is 3.28. The number of ether oxygens (including phenoxy) is 1. The normalized spacial score (nSPS) is 13.8. The zero-order valence-electron chi connectivity index (χ0n) is 15.2. The van der Waals surface area contributed by atoms with Crippen molar-refractivity contribution in [3.63, 3.8) is 0 Å². The average molecular weight is 378 g/mol. The van der Waals surface area contributed by atoms with Gasteiger partial charge in [0.1, 0.15) is 5.56 Å². The first kappa shape index (κ1) is 17.8. The number of benzene rings is 2. The Morgan fingerprint density at radius 3 is 2.61 bits per heavy atom. The predicted octanol–water partition coefficient (Wildman–Crippen LogP) is 3.18. The van der Waals surface area contributed by atoms with E-state index in [0.29, 0.717) is 35.4 Å². The standard InChI is InChI=1S/C21H18N2O5/c1-27-17-5-2-4-13-12-16(21(26)28-19(13)17)20(25)22-14-7-9-15(10-8-14)23-11-3-6-18(23)24/h2,4-5,7-10,12H,3,6,11H2,1H3,(H,22,25). The summed E-state index contributed by atoms with van der Waals surface area (Å²) in [5.74, 6) is -0.0435. The maximum atomic E-state index is 12.6.